The van der Waals surface area contributed by atoms with Gasteiger partial charge in [0, 0.05) is 43.9 Å². The minimum Gasteiger partial charge on any atom is -0.384 e. The topological polar surface area (TPSA) is 28.3 Å². The number of hydrogen-bond acceptors (Lipinski definition) is 2. The molecule has 2 heterocycles. The molecule has 0 aliphatic carbocycles. The van der Waals surface area contributed by atoms with Crippen LogP contribution in [0.15, 0.2) is 30.5 Å². The van der Waals surface area contributed by atoms with Crippen LogP contribution < -0.4 is 0 Å². The zero-order valence-electron chi connectivity index (χ0n) is 12.4. The SMILES string of the molecule is COC[C@@H](C)CN1CC[C@H](c2c[nH]c3ccccc23)C1. The maximum atomic E-state index is 5.24. The van der Waals surface area contributed by atoms with Crippen molar-refractivity contribution in [3.05, 3.63) is 36.0 Å². The van der Waals surface area contributed by atoms with E-state index in [0.717, 1.165) is 13.2 Å². The molecule has 3 heteroatoms. The number of likely N-dealkylation sites (tertiary alicyclic amines) is 1. The van der Waals surface area contributed by atoms with Crippen LogP contribution in [0, 0.1) is 5.92 Å². The van der Waals surface area contributed by atoms with Crippen LogP contribution in [0.1, 0.15) is 24.8 Å². The van der Waals surface area contributed by atoms with Gasteiger partial charge < -0.3 is 14.6 Å². The molecule has 1 aliphatic heterocycles. The first kappa shape index (κ1) is 13.7. The Morgan fingerprint density at radius 1 is 1.40 bits per heavy atom. The predicted molar refractivity (Wildman–Crippen MR) is 83.1 cm³/mol. The van der Waals surface area contributed by atoms with E-state index in [2.05, 4.69) is 47.3 Å². The highest BCUT2D eigenvalue weighted by molar-refractivity contribution is 5.83. The Bertz CT molecular complexity index is 563. The van der Waals surface area contributed by atoms with E-state index in [1.807, 2.05) is 0 Å². The number of aromatic nitrogens is 1. The Morgan fingerprint density at radius 3 is 3.10 bits per heavy atom. The van der Waals surface area contributed by atoms with Crippen LogP contribution in [0.3, 0.4) is 0 Å². The van der Waals surface area contributed by atoms with Gasteiger partial charge in [0.25, 0.3) is 0 Å². The lowest BCUT2D eigenvalue weighted by Crippen LogP contribution is -2.28. The number of nitrogens with one attached hydrogen (secondary N) is 1. The largest absolute Gasteiger partial charge is 0.384 e. The zero-order chi connectivity index (χ0) is 13.9. The molecule has 1 aromatic carbocycles. The summed E-state index contributed by atoms with van der Waals surface area (Å²) in [5.41, 5.74) is 2.75. The molecule has 20 heavy (non-hydrogen) atoms. The number of methoxy groups -OCH3 is 1. The molecule has 0 unspecified atom stereocenters. The van der Waals surface area contributed by atoms with Crippen LogP contribution in [0.5, 0.6) is 0 Å². The van der Waals surface area contributed by atoms with Crippen LogP contribution >= 0.6 is 0 Å². The highest BCUT2D eigenvalue weighted by Crippen LogP contribution is 2.32. The van der Waals surface area contributed by atoms with E-state index in [1.165, 1.54) is 36.0 Å². The van der Waals surface area contributed by atoms with Crippen LogP contribution in [-0.2, 0) is 4.74 Å². The summed E-state index contributed by atoms with van der Waals surface area (Å²) in [4.78, 5) is 5.98. The maximum absolute atomic E-state index is 5.24. The van der Waals surface area contributed by atoms with Gasteiger partial charge in [-0.2, -0.15) is 0 Å². The number of ether oxygens (including phenoxy) is 1. The van der Waals surface area contributed by atoms with E-state index >= 15 is 0 Å². The van der Waals surface area contributed by atoms with Gasteiger partial charge in [-0.25, -0.2) is 0 Å². The van der Waals surface area contributed by atoms with Crippen molar-refractivity contribution < 1.29 is 4.74 Å². The Balaban J connectivity index is 1.68. The van der Waals surface area contributed by atoms with E-state index in [0.29, 0.717) is 11.8 Å². The molecule has 1 aliphatic rings. The summed E-state index contributed by atoms with van der Waals surface area (Å²) in [6.07, 6.45) is 3.47. The molecule has 0 saturated carbocycles. The summed E-state index contributed by atoms with van der Waals surface area (Å²) in [5.74, 6) is 1.28. The molecule has 1 aromatic heterocycles. The minimum atomic E-state index is 0.613. The van der Waals surface area contributed by atoms with Crippen molar-refractivity contribution in [2.75, 3.05) is 33.4 Å². The quantitative estimate of drug-likeness (QED) is 0.905. The number of para-hydroxylation sites is 1. The Hall–Kier alpha value is -1.32. The summed E-state index contributed by atoms with van der Waals surface area (Å²) in [7, 11) is 1.79. The Labute approximate surface area is 120 Å². The van der Waals surface area contributed by atoms with Crippen molar-refractivity contribution >= 4 is 10.9 Å². The van der Waals surface area contributed by atoms with E-state index in [1.54, 1.807) is 7.11 Å². The summed E-state index contributed by atoms with van der Waals surface area (Å²) < 4.78 is 5.24. The third kappa shape index (κ3) is 2.74. The lowest BCUT2D eigenvalue weighted by molar-refractivity contribution is 0.137. The van der Waals surface area contributed by atoms with Crippen molar-refractivity contribution in [3.8, 4) is 0 Å². The molecular weight excluding hydrogens is 248 g/mol. The van der Waals surface area contributed by atoms with Crippen molar-refractivity contribution in [1.29, 1.82) is 0 Å². The van der Waals surface area contributed by atoms with E-state index in [-0.39, 0.29) is 0 Å². The molecule has 1 N–H and O–H groups in total. The van der Waals surface area contributed by atoms with Gasteiger partial charge in [0.2, 0.25) is 0 Å². The second-order valence-corrected chi connectivity index (χ2v) is 6.10. The van der Waals surface area contributed by atoms with Crippen molar-refractivity contribution in [2.45, 2.75) is 19.3 Å². The van der Waals surface area contributed by atoms with Gasteiger partial charge in [-0.3, -0.25) is 0 Å². The average Bonchev–Trinajstić information content (AvgIpc) is 3.05. The molecule has 2 atom stereocenters. The van der Waals surface area contributed by atoms with Crippen molar-refractivity contribution in [2.24, 2.45) is 5.92 Å². The maximum Gasteiger partial charge on any atom is 0.0500 e. The van der Waals surface area contributed by atoms with E-state index in [4.69, 9.17) is 4.74 Å². The predicted octanol–water partition coefficient (Wildman–Crippen LogP) is 3.24. The first-order chi connectivity index (χ1) is 9.78. The molecule has 108 valence electrons. The van der Waals surface area contributed by atoms with Gasteiger partial charge in [-0.1, -0.05) is 25.1 Å². The van der Waals surface area contributed by atoms with Crippen molar-refractivity contribution in [1.82, 2.24) is 9.88 Å². The average molecular weight is 272 g/mol. The number of aromatic amines is 1. The van der Waals surface area contributed by atoms with Gasteiger partial charge in [-0.05, 0) is 36.4 Å². The van der Waals surface area contributed by atoms with Crippen LogP contribution in [0.25, 0.3) is 10.9 Å². The molecule has 1 fully saturated rings. The first-order valence-electron chi connectivity index (χ1n) is 7.55. The van der Waals surface area contributed by atoms with Crippen LogP contribution in [0.4, 0.5) is 0 Å². The molecule has 1 saturated heterocycles. The number of hydrogen-bond donors (Lipinski definition) is 1. The molecule has 3 nitrogen and oxygen atoms in total. The highest BCUT2D eigenvalue weighted by atomic mass is 16.5. The minimum absolute atomic E-state index is 0.613. The zero-order valence-corrected chi connectivity index (χ0v) is 12.4. The van der Waals surface area contributed by atoms with Crippen molar-refractivity contribution in [3.63, 3.8) is 0 Å². The van der Waals surface area contributed by atoms with Gasteiger partial charge in [-0.15, -0.1) is 0 Å². The monoisotopic (exact) mass is 272 g/mol. The number of benzene rings is 1. The lowest BCUT2D eigenvalue weighted by atomic mass is 9.98. The molecule has 0 amide bonds. The van der Waals surface area contributed by atoms with Gasteiger partial charge in [0.05, 0.1) is 0 Å². The summed E-state index contributed by atoms with van der Waals surface area (Å²) in [5, 5.41) is 1.39. The number of H-pyrrole nitrogens is 1. The molecule has 3 rings (SSSR count). The molecule has 2 aromatic rings. The fraction of sp³-hybridized carbons (Fsp3) is 0.529. The Kier molecular flexibility index (Phi) is 4.08. The molecular formula is C17H24N2O. The van der Waals surface area contributed by atoms with E-state index in [9.17, 15) is 0 Å². The number of rotatable bonds is 5. The third-order valence-electron chi connectivity index (χ3n) is 4.35. The lowest BCUT2D eigenvalue weighted by Gasteiger charge is -2.20. The second-order valence-electron chi connectivity index (χ2n) is 6.10. The number of fused-ring (bicyclic) bond motifs is 1. The normalized spacial score (nSPS) is 21.6. The van der Waals surface area contributed by atoms with Gasteiger partial charge >= 0.3 is 0 Å². The Morgan fingerprint density at radius 2 is 2.25 bits per heavy atom. The smallest absolute Gasteiger partial charge is 0.0500 e. The highest BCUT2D eigenvalue weighted by Gasteiger charge is 2.26. The molecule has 0 radical (unpaired) electrons. The van der Waals surface area contributed by atoms with Crippen LogP contribution in [-0.4, -0.2) is 43.2 Å². The first-order valence-corrected chi connectivity index (χ1v) is 7.55. The van der Waals surface area contributed by atoms with Gasteiger partial charge in [0.1, 0.15) is 0 Å². The third-order valence-corrected chi connectivity index (χ3v) is 4.35. The second kappa shape index (κ2) is 5.98. The van der Waals surface area contributed by atoms with Crippen LogP contribution in [0.2, 0.25) is 0 Å². The van der Waals surface area contributed by atoms with Gasteiger partial charge in [0.15, 0.2) is 0 Å². The summed E-state index contributed by atoms with van der Waals surface area (Å²) in [6, 6.07) is 8.62. The fourth-order valence-corrected chi connectivity index (χ4v) is 3.46. The molecule has 0 spiro atoms. The summed E-state index contributed by atoms with van der Waals surface area (Å²) >= 11 is 0. The standard InChI is InChI=1S/C17H24N2O/c1-13(12-20-2)10-19-8-7-14(11-19)16-9-18-17-6-4-3-5-15(16)17/h3-6,9,13-14,18H,7-8,10-12H2,1-2H3/t13-,14-/m0/s1. The molecule has 0 bridgehead atoms. The van der Waals surface area contributed by atoms with E-state index < -0.39 is 0 Å². The fourth-order valence-electron chi connectivity index (χ4n) is 3.46. The summed E-state index contributed by atoms with van der Waals surface area (Å²) in [6.45, 7) is 6.65. The number of nitrogens with zero attached hydrogens (tertiary/aromatic N) is 1.